The fourth-order valence-corrected chi connectivity index (χ4v) is 5.00. The maximum atomic E-state index is 5.96. The second-order valence-electron chi connectivity index (χ2n) is 7.30. The number of hydrogen-bond donors (Lipinski definition) is 0. The number of ether oxygens (including phenoxy) is 1. The van der Waals surface area contributed by atoms with Crippen LogP contribution in [0.2, 0.25) is 0 Å². The zero-order valence-corrected chi connectivity index (χ0v) is 11.8. The first-order valence-electron chi connectivity index (χ1n) is 8.33. The highest BCUT2D eigenvalue weighted by Gasteiger charge is 2.36. The van der Waals surface area contributed by atoms with Gasteiger partial charge in [-0.3, -0.25) is 0 Å². The van der Waals surface area contributed by atoms with Crippen LogP contribution in [0.25, 0.3) is 0 Å². The van der Waals surface area contributed by atoms with E-state index in [0.717, 1.165) is 48.7 Å². The molecule has 0 aromatic rings. The Morgan fingerprint density at radius 2 is 1.47 bits per heavy atom. The first-order valence-corrected chi connectivity index (χ1v) is 8.33. The molecular formula is C18H26O. The smallest absolute Gasteiger partial charge is 0.0500 e. The zero-order chi connectivity index (χ0) is 12.7. The van der Waals surface area contributed by atoms with Crippen molar-refractivity contribution < 1.29 is 4.74 Å². The Kier molecular flexibility index (Phi) is 3.27. The Hall–Kier alpha value is -0.560. The van der Waals surface area contributed by atoms with Crippen molar-refractivity contribution in [2.24, 2.45) is 35.5 Å². The molecule has 19 heavy (non-hydrogen) atoms. The van der Waals surface area contributed by atoms with E-state index in [2.05, 4.69) is 24.3 Å². The van der Waals surface area contributed by atoms with Crippen LogP contribution in [0.5, 0.6) is 0 Å². The SMILES string of the molecule is C1=CC2CC1CC2CCCOCC1CC2C=CC1C2. The molecule has 0 saturated heterocycles. The van der Waals surface area contributed by atoms with Gasteiger partial charge in [0.25, 0.3) is 0 Å². The van der Waals surface area contributed by atoms with E-state index in [1.807, 2.05) is 0 Å². The van der Waals surface area contributed by atoms with Crippen LogP contribution in [0.4, 0.5) is 0 Å². The lowest BCUT2D eigenvalue weighted by molar-refractivity contribution is 0.0849. The van der Waals surface area contributed by atoms with Gasteiger partial charge in [-0.15, -0.1) is 0 Å². The largest absolute Gasteiger partial charge is 0.381 e. The van der Waals surface area contributed by atoms with Gasteiger partial charge in [0, 0.05) is 13.2 Å². The van der Waals surface area contributed by atoms with Crippen molar-refractivity contribution in [2.45, 2.75) is 38.5 Å². The summed E-state index contributed by atoms with van der Waals surface area (Å²) in [7, 11) is 0. The van der Waals surface area contributed by atoms with E-state index in [4.69, 9.17) is 4.74 Å². The van der Waals surface area contributed by atoms with E-state index in [1.165, 1.54) is 38.5 Å². The fourth-order valence-electron chi connectivity index (χ4n) is 5.00. The predicted molar refractivity (Wildman–Crippen MR) is 77.7 cm³/mol. The summed E-state index contributed by atoms with van der Waals surface area (Å²) in [6.45, 7) is 2.01. The zero-order valence-electron chi connectivity index (χ0n) is 11.8. The molecule has 0 amide bonds. The normalized spacial score (nSPS) is 45.7. The predicted octanol–water partition coefficient (Wildman–Crippen LogP) is 4.21. The van der Waals surface area contributed by atoms with Gasteiger partial charge < -0.3 is 4.74 Å². The molecule has 0 aromatic heterocycles. The van der Waals surface area contributed by atoms with Crippen molar-refractivity contribution in [1.29, 1.82) is 0 Å². The van der Waals surface area contributed by atoms with E-state index in [0.29, 0.717) is 0 Å². The van der Waals surface area contributed by atoms with Crippen LogP contribution in [0.1, 0.15) is 38.5 Å². The van der Waals surface area contributed by atoms with E-state index in [-0.39, 0.29) is 0 Å². The first-order chi connectivity index (χ1) is 9.38. The van der Waals surface area contributed by atoms with Crippen molar-refractivity contribution >= 4 is 0 Å². The van der Waals surface area contributed by atoms with Crippen LogP contribution < -0.4 is 0 Å². The number of fused-ring (bicyclic) bond motifs is 4. The Labute approximate surface area is 117 Å². The highest BCUT2D eigenvalue weighted by molar-refractivity contribution is 5.10. The monoisotopic (exact) mass is 258 g/mol. The highest BCUT2D eigenvalue weighted by atomic mass is 16.5. The number of allylic oxidation sites excluding steroid dienone is 4. The third kappa shape index (κ3) is 2.42. The van der Waals surface area contributed by atoms with Crippen LogP contribution in [0, 0.1) is 35.5 Å². The van der Waals surface area contributed by atoms with Gasteiger partial charge in [0.2, 0.25) is 0 Å². The van der Waals surface area contributed by atoms with Crippen molar-refractivity contribution in [3.63, 3.8) is 0 Å². The summed E-state index contributed by atoms with van der Waals surface area (Å²) in [4.78, 5) is 0. The molecule has 4 rings (SSSR count). The molecule has 2 saturated carbocycles. The third-order valence-corrected chi connectivity index (χ3v) is 6.03. The molecule has 0 aromatic carbocycles. The van der Waals surface area contributed by atoms with E-state index in [1.54, 1.807) is 0 Å². The quantitative estimate of drug-likeness (QED) is 0.512. The van der Waals surface area contributed by atoms with Crippen molar-refractivity contribution in [3.8, 4) is 0 Å². The molecule has 104 valence electrons. The van der Waals surface area contributed by atoms with Gasteiger partial charge in [-0.1, -0.05) is 24.3 Å². The summed E-state index contributed by atoms with van der Waals surface area (Å²) in [5, 5.41) is 0. The van der Waals surface area contributed by atoms with Gasteiger partial charge in [0.05, 0.1) is 0 Å². The third-order valence-electron chi connectivity index (χ3n) is 6.03. The molecule has 0 aliphatic heterocycles. The van der Waals surface area contributed by atoms with Crippen LogP contribution >= 0.6 is 0 Å². The van der Waals surface area contributed by atoms with Crippen molar-refractivity contribution in [2.75, 3.05) is 13.2 Å². The standard InChI is InChI=1S/C18H26O/c1(2-15-8-13-3-5-16(15)9-13)7-19-12-18-11-14-4-6-17(18)10-14/h3-6,13-18H,1-2,7-12H2. The van der Waals surface area contributed by atoms with Gasteiger partial charge >= 0.3 is 0 Å². The summed E-state index contributed by atoms with van der Waals surface area (Å²) in [5.41, 5.74) is 0. The van der Waals surface area contributed by atoms with Crippen LogP contribution in [-0.4, -0.2) is 13.2 Å². The summed E-state index contributed by atoms with van der Waals surface area (Å²) in [5.74, 6) is 5.39. The van der Waals surface area contributed by atoms with Gasteiger partial charge in [-0.25, -0.2) is 0 Å². The molecule has 0 N–H and O–H groups in total. The second kappa shape index (κ2) is 5.09. The summed E-state index contributed by atoms with van der Waals surface area (Å²) >= 11 is 0. The summed E-state index contributed by atoms with van der Waals surface area (Å²) in [6.07, 6.45) is 18.1. The van der Waals surface area contributed by atoms with E-state index >= 15 is 0 Å². The molecule has 4 bridgehead atoms. The average molecular weight is 258 g/mol. The molecule has 0 spiro atoms. The maximum absolute atomic E-state index is 5.96. The lowest BCUT2D eigenvalue weighted by Crippen LogP contribution is -2.15. The minimum Gasteiger partial charge on any atom is -0.381 e. The Balaban J connectivity index is 1.11. The Bertz CT molecular complexity index is 347. The number of rotatable bonds is 6. The minimum atomic E-state index is 0.834. The molecule has 1 nitrogen and oxygen atoms in total. The Morgan fingerprint density at radius 1 is 0.789 bits per heavy atom. The summed E-state index contributed by atoms with van der Waals surface area (Å²) < 4.78 is 5.96. The van der Waals surface area contributed by atoms with Gasteiger partial charge in [0.15, 0.2) is 0 Å². The van der Waals surface area contributed by atoms with Crippen LogP contribution in [0.15, 0.2) is 24.3 Å². The molecule has 0 radical (unpaired) electrons. The first kappa shape index (κ1) is 12.2. The molecule has 2 fully saturated rings. The molecule has 4 aliphatic rings. The highest BCUT2D eigenvalue weighted by Crippen LogP contribution is 2.45. The molecule has 1 heteroatoms. The van der Waals surface area contributed by atoms with Gasteiger partial charge in [-0.2, -0.15) is 0 Å². The molecule has 4 aliphatic carbocycles. The molecule has 6 unspecified atom stereocenters. The lowest BCUT2D eigenvalue weighted by atomic mass is 9.89. The maximum Gasteiger partial charge on any atom is 0.0500 e. The molecule has 0 heterocycles. The topological polar surface area (TPSA) is 9.23 Å². The fraction of sp³-hybridized carbons (Fsp3) is 0.778. The molecular weight excluding hydrogens is 232 g/mol. The lowest BCUT2D eigenvalue weighted by Gasteiger charge is -2.20. The average Bonchev–Trinajstić information content (AvgIpc) is 3.18. The van der Waals surface area contributed by atoms with Crippen LogP contribution in [0.3, 0.4) is 0 Å². The Morgan fingerprint density at radius 3 is 2.05 bits per heavy atom. The van der Waals surface area contributed by atoms with E-state index < -0.39 is 0 Å². The summed E-state index contributed by atoms with van der Waals surface area (Å²) in [6, 6.07) is 0. The van der Waals surface area contributed by atoms with Crippen molar-refractivity contribution in [1.82, 2.24) is 0 Å². The second-order valence-corrected chi connectivity index (χ2v) is 7.30. The van der Waals surface area contributed by atoms with E-state index in [9.17, 15) is 0 Å². The van der Waals surface area contributed by atoms with Gasteiger partial charge in [0.1, 0.15) is 0 Å². The van der Waals surface area contributed by atoms with Crippen molar-refractivity contribution in [3.05, 3.63) is 24.3 Å². The minimum absolute atomic E-state index is 0.834. The van der Waals surface area contributed by atoms with Crippen LogP contribution in [-0.2, 0) is 4.74 Å². The van der Waals surface area contributed by atoms with Gasteiger partial charge in [-0.05, 0) is 74.0 Å². The molecule has 6 atom stereocenters. The number of hydrogen-bond acceptors (Lipinski definition) is 1.